The number of rotatable bonds is 6. The molecule has 0 fully saturated rings. The minimum Gasteiger partial charge on any atom is -0.326 e. The molecule has 0 aliphatic heterocycles. The largest absolute Gasteiger partial charge is 0.326 e. The van der Waals surface area contributed by atoms with Crippen LogP contribution in [-0.2, 0) is 9.59 Å². The van der Waals surface area contributed by atoms with Gasteiger partial charge < -0.3 is 10.6 Å². The molecule has 2 aromatic carbocycles. The van der Waals surface area contributed by atoms with E-state index in [9.17, 15) is 9.59 Å². The first kappa shape index (κ1) is 19.1. The lowest BCUT2D eigenvalue weighted by molar-refractivity contribution is -0.123. The molecule has 0 unspecified atom stereocenters. The van der Waals surface area contributed by atoms with E-state index in [1.807, 2.05) is 69.3 Å². The van der Waals surface area contributed by atoms with E-state index in [2.05, 4.69) is 10.6 Å². The minimum absolute atomic E-state index is 0.0391. The summed E-state index contributed by atoms with van der Waals surface area (Å²) in [6.07, 6.45) is 0.429. The number of nitrogens with one attached hydrogen (secondary N) is 2. The summed E-state index contributed by atoms with van der Waals surface area (Å²) >= 11 is 1.66. The van der Waals surface area contributed by atoms with Crippen LogP contribution in [0.15, 0.2) is 59.5 Å². The summed E-state index contributed by atoms with van der Waals surface area (Å²) in [6.45, 7) is 5.58. The molecule has 4 nitrogen and oxygen atoms in total. The molecule has 0 saturated carbocycles. The van der Waals surface area contributed by atoms with E-state index in [1.165, 1.54) is 0 Å². The van der Waals surface area contributed by atoms with Crippen LogP contribution in [0.5, 0.6) is 0 Å². The molecule has 2 amide bonds. The van der Waals surface area contributed by atoms with Gasteiger partial charge in [0.15, 0.2) is 0 Å². The number of carbonyl (C=O) groups excluding carboxylic acids is 2. The molecule has 0 saturated heterocycles. The molecule has 132 valence electrons. The third-order valence-corrected chi connectivity index (χ3v) is 4.44. The van der Waals surface area contributed by atoms with Crippen molar-refractivity contribution in [2.45, 2.75) is 32.1 Å². The molecule has 0 spiro atoms. The first-order chi connectivity index (χ1) is 11.8. The molecule has 0 bridgehead atoms. The fourth-order valence-electron chi connectivity index (χ4n) is 2.00. The summed E-state index contributed by atoms with van der Waals surface area (Å²) in [5.41, 5.74) is 0.895. The van der Waals surface area contributed by atoms with E-state index in [1.54, 1.807) is 17.8 Å². The summed E-state index contributed by atoms with van der Waals surface area (Å²) in [6, 6.07) is 17.2. The van der Waals surface area contributed by atoms with Gasteiger partial charge in [0.05, 0.1) is 0 Å². The lowest BCUT2D eigenvalue weighted by atomic mass is 9.95. The number of benzene rings is 2. The maximum Gasteiger partial charge on any atom is 0.229 e. The van der Waals surface area contributed by atoms with Crippen molar-refractivity contribution in [2.75, 3.05) is 16.4 Å². The first-order valence-corrected chi connectivity index (χ1v) is 9.22. The van der Waals surface area contributed by atoms with Crippen LogP contribution in [0, 0.1) is 5.41 Å². The van der Waals surface area contributed by atoms with Crippen LogP contribution in [-0.4, -0.2) is 17.6 Å². The van der Waals surface area contributed by atoms with Gasteiger partial charge in [-0.15, -0.1) is 11.8 Å². The maximum atomic E-state index is 12.1. The summed E-state index contributed by atoms with van der Waals surface area (Å²) in [5.74, 6) is 0.619. The quantitative estimate of drug-likeness (QED) is 0.732. The summed E-state index contributed by atoms with van der Waals surface area (Å²) in [7, 11) is 0. The lowest BCUT2D eigenvalue weighted by Gasteiger charge is -2.18. The van der Waals surface area contributed by atoms with Crippen molar-refractivity contribution in [3.63, 3.8) is 0 Å². The van der Waals surface area contributed by atoms with Gasteiger partial charge in [0, 0.05) is 33.9 Å². The van der Waals surface area contributed by atoms with Gasteiger partial charge in [-0.05, 0) is 30.3 Å². The number of hydrogen-bond donors (Lipinski definition) is 2. The van der Waals surface area contributed by atoms with E-state index >= 15 is 0 Å². The Hall–Kier alpha value is -2.27. The molecule has 0 heterocycles. The summed E-state index contributed by atoms with van der Waals surface area (Å²) in [5, 5.41) is 5.74. The Balaban J connectivity index is 1.84. The molecule has 5 heteroatoms. The van der Waals surface area contributed by atoms with Gasteiger partial charge in [0.25, 0.3) is 0 Å². The average Bonchev–Trinajstić information content (AvgIpc) is 2.55. The summed E-state index contributed by atoms with van der Waals surface area (Å²) in [4.78, 5) is 25.3. The Morgan fingerprint density at radius 3 is 2.20 bits per heavy atom. The molecule has 2 N–H and O–H groups in total. The number of hydrogen-bond acceptors (Lipinski definition) is 3. The fraction of sp³-hybridized carbons (Fsp3) is 0.300. The molecule has 0 aliphatic carbocycles. The van der Waals surface area contributed by atoms with Gasteiger partial charge in [0.2, 0.25) is 11.8 Å². The van der Waals surface area contributed by atoms with Crippen molar-refractivity contribution >= 4 is 35.0 Å². The Morgan fingerprint density at radius 2 is 1.56 bits per heavy atom. The van der Waals surface area contributed by atoms with Crippen LogP contribution in [0.2, 0.25) is 0 Å². The maximum absolute atomic E-state index is 12.1. The fourth-order valence-corrected chi connectivity index (χ4v) is 2.87. The van der Waals surface area contributed by atoms with Crippen LogP contribution in [0.1, 0.15) is 27.2 Å². The van der Waals surface area contributed by atoms with Crippen molar-refractivity contribution in [1.82, 2.24) is 0 Å². The normalized spacial score (nSPS) is 11.0. The van der Waals surface area contributed by atoms with E-state index in [0.29, 0.717) is 17.8 Å². The van der Waals surface area contributed by atoms with Crippen LogP contribution in [0.25, 0.3) is 0 Å². The van der Waals surface area contributed by atoms with Crippen molar-refractivity contribution < 1.29 is 9.59 Å². The predicted molar refractivity (Wildman–Crippen MR) is 105 cm³/mol. The minimum atomic E-state index is -0.464. The topological polar surface area (TPSA) is 58.2 Å². The highest BCUT2D eigenvalue weighted by atomic mass is 32.2. The zero-order valence-electron chi connectivity index (χ0n) is 14.8. The Kier molecular flexibility index (Phi) is 6.65. The molecule has 25 heavy (non-hydrogen) atoms. The van der Waals surface area contributed by atoms with E-state index in [4.69, 9.17) is 0 Å². The summed E-state index contributed by atoms with van der Waals surface area (Å²) < 4.78 is 0. The van der Waals surface area contributed by atoms with Crippen LogP contribution >= 0.6 is 11.8 Å². The zero-order valence-corrected chi connectivity index (χ0v) is 15.7. The van der Waals surface area contributed by atoms with Gasteiger partial charge in [-0.1, -0.05) is 45.0 Å². The van der Waals surface area contributed by atoms with Crippen molar-refractivity contribution in [3.8, 4) is 0 Å². The zero-order chi connectivity index (χ0) is 18.3. The molecular weight excluding hydrogens is 332 g/mol. The second kappa shape index (κ2) is 8.72. The molecule has 0 aromatic heterocycles. The number of anilines is 2. The smallest absolute Gasteiger partial charge is 0.229 e. The van der Waals surface area contributed by atoms with Crippen molar-refractivity contribution in [3.05, 3.63) is 54.6 Å². The van der Waals surface area contributed by atoms with Crippen LogP contribution in [0.3, 0.4) is 0 Å². The third kappa shape index (κ3) is 6.63. The van der Waals surface area contributed by atoms with Gasteiger partial charge in [-0.25, -0.2) is 0 Å². The number of amides is 2. The van der Waals surface area contributed by atoms with Crippen molar-refractivity contribution in [1.29, 1.82) is 0 Å². The molecule has 2 rings (SSSR count). The standard InChI is InChI=1S/C20H24N2O2S/c1-20(2,3)19(24)22-16-9-7-8-15(14-16)21-18(23)12-13-25-17-10-5-4-6-11-17/h4-11,14H,12-13H2,1-3H3,(H,21,23)(H,22,24). The Bertz CT molecular complexity index is 724. The van der Waals surface area contributed by atoms with Gasteiger partial charge >= 0.3 is 0 Å². The molecular formula is C20H24N2O2S. The highest BCUT2D eigenvalue weighted by Crippen LogP contribution is 2.21. The molecule has 0 atom stereocenters. The van der Waals surface area contributed by atoms with Gasteiger partial charge in [0.1, 0.15) is 0 Å². The van der Waals surface area contributed by atoms with E-state index < -0.39 is 5.41 Å². The molecule has 0 aliphatic rings. The Labute approximate surface area is 153 Å². The number of thioether (sulfide) groups is 1. The Morgan fingerprint density at radius 1 is 0.920 bits per heavy atom. The SMILES string of the molecule is CC(C)(C)C(=O)Nc1cccc(NC(=O)CCSc2ccccc2)c1. The third-order valence-electron chi connectivity index (χ3n) is 3.43. The van der Waals surface area contributed by atoms with Crippen LogP contribution in [0.4, 0.5) is 11.4 Å². The van der Waals surface area contributed by atoms with Gasteiger partial charge in [-0.3, -0.25) is 9.59 Å². The lowest BCUT2D eigenvalue weighted by Crippen LogP contribution is -2.27. The highest BCUT2D eigenvalue weighted by molar-refractivity contribution is 7.99. The van der Waals surface area contributed by atoms with E-state index in [0.717, 1.165) is 10.6 Å². The van der Waals surface area contributed by atoms with E-state index in [-0.39, 0.29) is 11.8 Å². The number of carbonyl (C=O) groups is 2. The molecule has 0 radical (unpaired) electrons. The molecule has 2 aromatic rings. The monoisotopic (exact) mass is 356 g/mol. The average molecular weight is 356 g/mol. The van der Waals surface area contributed by atoms with Crippen LogP contribution < -0.4 is 10.6 Å². The second-order valence-corrected chi connectivity index (χ2v) is 7.91. The van der Waals surface area contributed by atoms with Gasteiger partial charge in [-0.2, -0.15) is 0 Å². The first-order valence-electron chi connectivity index (χ1n) is 8.24. The predicted octanol–water partition coefficient (Wildman–Crippen LogP) is 4.79. The highest BCUT2D eigenvalue weighted by Gasteiger charge is 2.21. The second-order valence-electron chi connectivity index (χ2n) is 6.74. The van der Waals surface area contributed by atoms with Crippen molar-refractivity contribution in [2.24, 2.45) is 5.41 Å².